The molecule has 2 saturated heterocycles. The van der Waals surface area contributed by atoms with Crippen molar-refractivity contribution in [3.05, 3.63) is 81.7 Å². The number of anilines is 1. The van der Waals surface area contributed by atoms with Crippen LogP contribution < -0.4 is 5.32 Å². The molecular formula is C35H42N4O6S2. The highest BCUT2D eigenvalue weighted by atomic mass is 32.2. The molecule has 0 bridgehead atoms. The lowest BCUT2D eigenvalue weighted by Crippen LogP contribution is -2.42. The summed E-state index contributed by atoms with van der Waals surface area (Å²) >= 11 is 1.46. The molecule has 3 aliphatic rings. The second-order valence-corrected chi connectivity index (χ2v) is 15.5. The van der Waals surface area contributed by atoms with Crippen LogP contribution in [0.2, 0.25) is 0 Å². The zero-order valence-corrected chi connectivity index (χ0v) is 28.4. The molecule has 1 N–H and O–H groups in total. The molecule has 0 radical (unpaired) electrons. The van der Waals surface area contributed by atoms with Crippen LogP contribution >= 0.6 is 11.3 Å². The topological polar surface area (TPSA) is 116 Å². The molecule has 3 aliphatic heterocycles. The number of carbonyl (C=O) groups is 3. The first kappa shape index (κ1) is 33.3. The minimum atomic E-state index is -3.86. The first-order valence-electron chi connectivity index (χ1n) is 16.5. The van der Waals surface area contributed by atoms with Gasteiger partial charge in [0.25, 0.3) is 11.8 Å². The van der Waals surface area contributed by atoms with Gasteiger partial charge in [-0.1, -0.05) is 30.3 Å². The first-order valence-corrected chi connectivity index (χ1v) is 18.8. The molecule has 0 aliphatic carbocycles. The van der Waals surface area contributed by atoms with E-state index in [9.17, 15) is 22.8 Å². The minimum absolute atomic E-state index is 0.0295. The van der Waals surface area contributed by atoms with E-state index < -0.39 is 21.8 Å². The standard InChI is InChI=1S/C35H42N4O6S2/c1-2-45-35(42)27-12-9-20-39(23-27)47(43,44)28-15-13-26(14-16-28)32(40)36-33-31(34(41)38-18-7-4-8-19-38)29-17-21-37(24-30(29)46-33)22-25-10-5-3-6-11-25/h3,5-6,10-11,13-16,27H,2,4,7-9,12,17-24H2,1H3,(H,36,40). The number of likely N-dealkylation sites (tertiary alicyclic amines) is 1. The van der Waals surface area contributed by atoms with Crippen molar-refractivity contribution in [2.24, 2.45) is 5.92 Å². The number of benzene rings is 2. The maximum absolute atomic E-state index is 13.9. The predicted molar refractivity (Wildman–Crippen MR) is 181 cm³/mol. The molecule has 1 aromatic heterocycles. The maximum atomic E-state index is 13.9. The fraction of sp³-hybridized carbons (Fsp3) is 0.457. The Kier molecular flexibility index (Phi) is 10.4. The van der Waals surface area contributed by atoms with E-state index >= 15 is 0 Å². The van der Waals surface area contributed by atoms with E-state index in [-0.39, 0.29) is 29.9 Å². The lowest BCUT2D eigenvalue weighted by Gasteiger charge is -2.30. The second-order valence-electron chi connectivity index (χ2n) is 12.4. The van der Waals surface area contributed by atoms with Crippen LogP contribution in [0.3, 0.4) is 0 Å². The van der Waals surface area contributed by atoms with Gasteiger partial charge in [-0.15, -0.1) is 11.3 Å². The van der Waals surface area contributed by atoms with Gasteiger partial charge >= 0.3 is 5.97 Å². The third-order valence-electron chi connectivity index (χ3n) is 9.23. The summed E-state index contributed by atoms with van der Waals surface area (Å²) in [5.41, 5.74) is 3.14. The Hall–Kier alpha value is -3.58. The van der Waals surface area contributed by atoms with E-state index in [1.165, 1.54) is 45.5 Å². The van der Waals surface area contributed by atoms with Crippen molar-refractivity contribution in [3.63, 3.8) is 0 Å². The average Bonchev–Trinajstić information content (AvgIpc) is 3.45. The molecule has 250 valence electrons. The molecule has 12 heteroatoms. The van der Waals surface area contributed by atoms with E-state index in [0.29, 0.717) is 55.1 Å². The summed E-state index contributed by atoms with van der Waals surface area (Å²) in [7, 11) is -3.86. The van der Waals surface area contributed by atoms with Crippen molar-refractivity contribution in [3.8, 4) is 0 Å². The molecular weight excluding hydrogens is 637 g/mol. The zero-order chi connectivity index (χ0) is 33.0. The van der Waals surface area contributed by atoms with Crippen molar-refractivity contribution in [2.75, 3.05) is 44.6 Å². The van der Waals surface area contributed by atoms with E-state index in [4.69, 9.17) is 4.74 Å². The van der Waals surface area contributed by atoms with Gasteiger partial charge in [0.15, 0.2) is 0 Å². The number of thiophene rings is 1. The van der Waals surface area contributed by atoms with Crippen LogP contribution in [0.5, 0.6) is 0 Å². The van der Waals surface area contributed by atoms with E-state index in [1.54, 1.807) is 6.92 Å². The van der Waals surface area contributed by atoms with Gasteiger partial charge in [0.1, 0.15) is 5.00 Å². The molecule has 47 heavy (non-hydrogen) atoms. The number of hydrogen-bond donors (Lipinski definition) is 1. The predicted octanol–water partition coefficient (Wildman–Crippen LogP) is 5.15. The highest BCUT2D eigenvalue weighted by molar-refractivity contribution is 7.89. The Morgan fingerprint density at radius 1 is 0.936 bits per heavy atom. The SMILES string of the molecule is CCOC(=O)C1CCCN(S(=O)(=O)c2ccc(C(=O)Nc3sc4c(c3C(=O)N3CCCCC3)CCN(Cc3ccccc3)C4)cc2)C1. The number of rotatable bonds is 9. The number of esters is 1. The van der Waals surface area contributed by atoms with Gasteiger partial charge in [0.05, 0.1) is 23.0 Å². The molecule has 6 rings (SSSR count). The fourth-order valence-electron chi connectivity index (χ4n) is 6.72. The summed E-state index contributed by atoms with van der Waals surface area (Å²) in [6.07, 6.45) is 4.93. The Bertz CT molecular complexity index is 1700. The number of fused-ring (bicyclic) bond motifs is 1. The van der Waals surface area contributed by atoms with Crippen molar-refractivity contribution in [1.82, 2.24) is 14.1 Å². The van der Waals surface area contributed by atoms with Crippen LogP contribution in [0.4, 0.5) is 5.00 Å². The first-order chi connectivity index (χ1) is 22.7. The van der Waals surface area contributed by atoms with E-state index in [0.717, 1.165) is 49.2 Å². The summed E-state index contributed by atoms with van der Waals surface area (Å²) in [6, 6.07) is 16.2. The van der Waals surface area contributed by atoms with Gasteiger partial charge in [-0.05, 0) is 80.8 Å². The van der Waals surface area contributed by atoms with Crippen LogP contribution in [0.15, 0.2) is 59.5 Å². The Labute approximate surface area is 280 Å². The Balaban J connectivity index is 1.20. The molecule has 0 spiro atoms. The van der Waals surface area contributed by atoms with E-state index in [2.05, 4.69) is 22.3 Å². The van der Waals surface area contributed by atoms with Crippen molar-refractivity contribution in [1.29, 1.82) is 0 Å². The van der Waals surface area contributed by atoms with Gasteiger partial charge in [-0.3, -0.25) is 19.3 Å². The van der Waals surface area contributed by atoms with Gasteiger partial charge in [-0.2, -0.15) is 4.31 Å². The van der Waals surface area contributed by atoms with Crippen LogP contribution in [0, 0.1) is 5.92 Å². The largest absolute Gasteiger partial charge is 0.466 e. The third-order valence-corrected chi connectivity index (χ3v) is 12.2. The van der Waals surface area contributed by atoms with Crippen molar-refractivity contribution < 1.29 is 27.5 Å². The Morgan fingerprint density at radius 2 is 1.68 bits per heavy atom. The number of nitrogens with zero attached hydrogens (tertiary/aromatic N) is 3. The maximum Gasteiger partial charge on any atom is 0.310 e. The number of sulfonamides is 1. The van der Waals surface area contributed by atoms with Crippen molar-refractivity contribution >= 4 is 44.1 Å². The summed E-state index contributed by atoms with van der Waals surface area (Å²) in [4.78, 5) is 45.2. The van der Waals surface area contributed by atoms with Crippen LogP contribution in [-0.4, -0.2) is 79.6 Å². The zero-order valence-electron chi connectivity index (χ0n) is 26.8. The molecule has 2 fully saturated rings. The summed E-state index contributed by atoms with van der Waals surface area (Å²) in [5.74, 6) is -1.30. The van der Waals surface area contributed by atoms with Crippen LogP contribution in [0.1, 0.15) is 75.7 Å². The third kappa shape index (κ3) is 7.45. The van der Waals surface area contributed by atoms with E-state index in [1.807, 2.05) is 23.1 Å². The lowest BCUT2D eigenvalue weighted by atomic mass is 10.00. The number of nitrogens with one attached hydrogen (secondary N) is 1. The molecule has 1 atom stereocenters. The molecule has 0 saturated carbocycles. The monoisotopic (exact) mass is 678 g/mol. The summed E-state index contributed by atoms with van der Waals surface area (Å²) in [6.45, 7) is 6.13. The lowest BCUT2D eigenvalue weighted by molar-refractivity contribution is -0.149. The molecule has 2 aromatic carbocycles. The fourth-order valence-corrected chi connectivity index (χ4v) is 9.52. The summed E-state index contributed by atoms with van der Waals surface area (Å²) in [5, 5.41) is 3.57. The number of piperidine rings is 2. The summed E-state index contributed by atoms with van der Waals surface area (Å²) < 4.78 is 33.3. The second kappa shape index (κ2) is 14.7. The highest BCUT2D eigenvalue weighted by Crippen LogP contribution is 2.39. The number of carbonyl (C=O) groups excluding carboxylic acids is 3. The quantitative estimate of drug-likeness (QED) is 0.312. The highest BCUT2D eigenvalue weighted by Gasteiger charge is 2.35. The molecule has 2 amide bonds. The van der Waals surface area contributed by atoms with Crippen LogP contribution in [-0.2, 0) is 39.1 Å². The average molecular weight is 679 g/mol. The van der Waals surface area contributed by atoms with Crippen molar-refractivity contribution in [2.45, 2.75) is 63.4 Å². The molecule has 1 unspecified atom stereocenters. The van der Waals surface area contributed by atoms with Gasteiger partial charge in [-0.25, -0.2) is 8.42 Å². The van der Waals surface area contributed by atoms with Gasteiger partial charge < -0.3 is 15.0 Å². The molecule has 4 heterocycles. The number of ether oxygens (including phenoxy) is 1. The van der Waals surface area contributed by atoms with Gasteiger partial charge in [0.2, 0.25) is 10.0 Å². The minimum Gasteiger partial charge on any atom is -0.466 e. The molecule has 3 aromatic rings. The number of hydrogen-bond acceptors (Lipinski definition) is 8. The van der Waals surface area contributed by atoms with Gasteiger partial charge in [0, 0.05) is 56.3 Å². The Morgan fingerprint density at radius 3 is 2.40 bits per heavy atom. The smallest absolute Gasteiger partial charge is 0.310 e. The normalized spacial score (nSPS) is 19.2. The number of amides is 2. The molecule has 10 nitrogen and oxygen atoms in total. The van der Waals surface area contributed by atoms with Crippen LogP contribution in [0.25, 0.3) is 0 Å².